The van der Waals surface area contributed by atoms with Crippen molar-refractivity contribution in [2.75, 3.05) is 5.32 Å². The Kier molecular flexibility index (Phi) is 2.71. The average Bonchev–Trinajstić information content (AvgIpc) is 2.66. The molecule has 1 aromatic rings. The zero-order chi connectivity index (χ0) is 9.97. The molecule has 0 unspecified atom stereocenters. The highest BCUT2D eigenvalue weighted by Gasteiger charge is 2.16. The van der Waals surface area contributed by atoms with E-state index < -0.39 is 0 Å². The molecule has 0 aromatic heterocycles. The van der Waals surface area contributed by atoms with Crippen LogP contribution < -0.4 is 5.32 Å². The Morgan fingerprint density at radius 2 is 2.00 bits per heavy atom. The normalized spacial score (nSPS) is 17.3. The summed E-state index contributed by atoms with van der Waals surface area (Å²) in [5, 5.41) is 3.27. The first kappa shape index (κ1) is 9.50. The van der Waals surface area contributed by atoms with Crippen molar-refractivity contribution in [3.05, 3.63) is 29.6 Å². The van der Waals surface area contributed by atoms with Gasteiger partial charge >= 0.3 is 0 Å². The molecule has 76 valence electrons. The highest BCUT2D eigenvalue weighted by molar-refractivity contribution is 5.48. The molecule has 1 aromatic carbocycles. The van der Waals surface area contributed by atoms with Crippen LogP contribution in [-0.2, 0) is 0 Å². The second-order valence-electron chi connectivity index (χ2n) is 4.06. The maximum Gasteiger partial charge on any atom is 0.149 e. The zero-order valence-corrected chi connectivity index (χ0v) is 8.52. The lowest BCUT2D eigenvalue weighted by molar-refractivity contribution is 0.615. The van der Waals surface area contributed by atoms with Crippen molar-refractivity contribution in [3.63, 3.8) is 0 Å². The van der Waals surface area contributed by atoms with Crippen LogP contribution in [0, 0.1) is 12.7 Å². The Bertz CT molecular complexity index is 316. The van der Waals surface area contributed by atoms with Gasteiger partial charge in [-0.2, -0.15) is 0 Å². The fourth-order valence-corrected chi connectivity index (χ4v) is 2.05. The lowest BCUT2D eigenvalue weighted by Gasteiger charge is -2.14. The number of nitrogens with one attached hydrogen (secondary N) is 1. The van der Waals surface area contributed by atoms with Gasteiger partial charge in [0, 0.05) is 6.04 Å². The second-order valence-corrected chi connectivity index (χ2v) is 4.06. The molecule has 0 radical (unpaired) electrons. The van der Waals surface area contributed by atoms with Crippen LogP contribution in [0.3, 0.4) is 0 Å². The van der Waals surface area contributed by atoms with E-state index in [1.165, 1.54) is 25.7 Å². The van der Waals surface area contributed by atoms with Crippen molar-refractivity contribution in [1.82, 2.24) is 0 Å². The molecular weight excluding hydrogens is 177 g/mol. The number of hydrogen-bond donors (Lipinski definition) is 1. The summed E-state index contributed by atoms with van der Waals surface area (Å²) in [6, 6.07) is 6.00. The van der Waals surface area contributed by atoms with Gasteiger partial charge in [-0.1, -0.05) is 25.0 Å². The molecule has 1 saturated carbocycles. The summed E-state index contributed by atoms with van der Waals surface area (Å²) in [7, 11) is 0. The van der Waals surface area contributed by atoms with Crippen molar-refractivity contribution in [1.29, 1.82) is 0 Å². The molecule has 1 nitrogen and oxygen atoms in total. The molecule has 0 amide bonds. The predicted molar refractivity (Wildman–Crippen MR) is 57.0 cm³/mol. The average molecular weight is 193 g/mol. The number of benzene rings is 1. The molecule has 0 atom stereocenters. The van der Waals surface area contributed by atoms with Gasteiger partial charge in [-0.3, -0.25) is 0 Å². The lowest BCUT2D eigenvalue weighted by atomic mass is 10.2. The van der Waals surface area contributed by atoms with Gasteiger partial charge in [0.25, 0.3) is 0 Å². The fraction of sp³-hybridized carbons (Fsp3) is 0.500. The van der Waals surface area contributed by atoms with Crippen LogP contribution in [0.1, 0.15) is 31.2 Å². The number of anilines is 1. The molecule has 0 bridgehead atoms. The highest BCUT2D eigenvalue weighted by atomic mass is 19.1. The minimum absolute atomic E-state index is 0.0978. The van der Waals surface area contributed by atoms with E-state index >= 15 is 0 Å². The molecule has 0 aliphatic heterocycles. The Balaban J connectivity index is 2.11. The molecule has 1 aliphatic carbocycles. The third-order valence-corrected chi connectivity index (χ3v) is 2.91. The van der Waals surface area contributed by atoms with Gasteiger partial charge in [-0.15, -0.1) is 0 Å². The molecule has 1 fully saturated rings. The largest absolute Gasteiger partial charge is 0.380 e. The number of rotatable bonds is 2. The Morgan fingerprint density at radius 3 is 2.71 bits per heavy atom. The molecule has 2 rings (SSSR count). The van der Waals surface area contributed by atoms with Crippen LogP contribution >= 0.6 is 0 Å². The van der Waals surface area contributed by atoms with Gasteiger partial charge in [-0.25, -0.2) is 4.39 Å². The molecule has 2 heteroatoms. The van der Waals surface area contributed by atoms with Crippen molar-refractivity contribution < 1.29 is 4.39 Å². The maximum atomic E-state index is 13.6. The maximum absolute atomic E-state index is 13.6. The van der Waals surface area contributed by atoms with E-state index in [0.29, 0.717) is 17.3 Å². The number of hydrogen-bond acceptors (Lipinski definition) is 1. The smallest absolute Gasteiger partial charge is 0.149 e. The van der Waals surface area contributed by atoms with E-state index in [1.54, 1.807) is 13.0 Å². The molecular formula is C12H16FN. The summed E-state index contributed by atoms with van der Waals surface area (Å²) in [6.45, 7) is 1.80. The second kappa shape index (κ2) is 3.99. The van der Waals surface area contributed by atoms with Crippen molar-refractivity contribution >= 4 is 5.69 Å². The quantitative estimate of drug-likeness (QED) is 0.758. The van der Waals surface area contributed by atoms with Gasteiger partial charge in [0.1, 0.15) is 5.82 Å². The summed E-state index contributed by atoms with van der Waals surface area (Å²) in [5.41, 5.74) is 1.38. The first-order chi connectivity index (χ1) is 6.77. The minimum atomic E-state index is -0.0978. The Morgan fingerprint density at radius 1 is 1.29 bits per heavy atom. The monoisotopic (exact) mass is 193 g/mol. The van der Waals surface area contributed by atoms with Crippen LogP contribution in [0.2, 0.25) is 0 Å². The summed E-state index contributed by atoms with van der Waals surface area (Å²) in [6.07, 6.45) is 4.89. The van der Waals surface area contributed by atoms with E-state index in [0.717, 1.165) is 0 Å². The van der Waals surface area contributed by atoms with Gasteiger partial charge in [0.15, 0.2) is 0 Å². The van der Waals surface area contributed by atoms with Gasteiger partial charge in [0.05, 0.1) is 5.69 Å². The third-order valence-electron chi connectivity index (χ3n) is 2.91. The Labute approximate surface area is 84.3 Å². The van der Waals surface area contributed by atoms with Crippen LogP contribution in [0.5, 0.6) is 0 Å². The van der Waals surface area contributed by atoms with Crippen LogP contribution in [-0.4, -0.2) is 6.04 Å². The first-order valence-electron chi connectivity index (χ1n) is 5.29. The zero-order valence-electron chi connectivity index (χ0n) is 8.52. The molecule has 14 heavy (non-hydrogen) atoms. The summed E-state index contributed by atoms with van der Waals surface area (Å²) in [4.78, 5) is 0. The molecule has 0 saturated heterocycles. The van der Waals surface area contributed by atoms with Crippen LogP contribution in [0.25, 0.3) is 0 Å². The molecule has 1 aliphatic rings. The van der Waals surface area contributed by atoms with Gasteiger partial charge in [0.2, 0.25) is 0 Å². The lowest BCUT2D eigenvalue weighted by Crippen LogP contribution is -2.15. The molecule has 0 spiro atoms. The van der Waals surface area contributed by atoms with Gasteiger partial charge in [-0.05, 0) is 31.4 Å². The van der Waals surface area contributed by atoms with E-state index in [-0.39, 0.29) is 5.82 Å². The van der Waals surface area contributed by atoms with Gasteiger partial charge < -0.3 is 5.32 Å². The van der Waals surface area contributed by atoms with Crippen LogP contribution in [0.4, 0.5) is 10.1 Å². The summed E-state index contributed by atoms with van der Waals surface area (Å²) < 4.78 is 13.6. The van der Waals surface area contributed by atoms with Crippen LogP contribution in [0.15, 0.2) is 18.2 Å². The van der Waals surface area contributed by atoms with Crippen molar-refractivity contribution in [2.45, 2.75) is 38.6 Å². The predicted octanol–water partition coefficient (Wildman–Crippen LogP) is 3.49. The number of halogens is 1. The van der Waals surface area contributed by atoms with E-state index in [4.69, 9.17) is 0 Å². The molecule has 1 N–H and O–H groups in total. The highest BCUT2D eigenvalue weighted by Crippen LogP contribution is 2.24. The SMILES string of the molecule is Cc1cccc(NC2CCCC2)c1F. The number of aryl methyl sites for hydroxylation is 1. The van der Waals surface area contributed by atoms with E-state index in [2.05, 4.69) is 5.32 Å². The fourth-order valence-electron chi connectivity index (χ4n) is 2.05. The van der Waals surface area contributed by atoms with E-state index in [9.17, 15) is 4.39 Å². The van der Waals surface area contributed by atoms with Crippen molar-refractivity contribution in [3.8, 4) is 0 Å². The Hall–Kier alpha value is -1.05. The standard InChI is InChI=1S/C12H16FN/c1-9-5-4-8-11(12(9)13)14-10-6-2-3-7-10/h4-5,8,10,14H,2-3,6-7H2,1H3. The molecule has 0 heterocycles. The third kappa shape index (κ3) is 1.89. The summed E-state index contributed by atoms with van der Waals surface area (Å²) in [5.74, 6) is -0.0978. The van der Waals surface area contributed by atoms with E-state index in [1.807, 2.05) is 12.1 Å². The summed E-state index contributed by atoms with van der Waals surface area (Å²) >= 11 is 0. The topological polar surface area (TPSA) is 12.0 Å². The van der Waals surface area contributed by atoms with Crippen molar-refractivity contribution in [2.24, 2.45) is 0 Å². The first-order valence-corrected chi connectivity index (χ1v) is 5.29. The minimum Gasteiger partial charge on any atom is -0.380 e.